The van der Waals surface area contributed by atoms with E-state index < -0.39 is 11.7 Å². The van der Waals surface area contributed by atoms with Gasteiger partial charge in [0.1, 0.15) is 5.82 Å². The summed E-state index contributed by atoms with van der Waals surface area (Å²) in [6, 6.07) is 3.98. The SMILES string of the molecule is CN(C)CCCN(C)C(=O)NC1CCC(Nc2cc(NC3CC3)c3ncc(C(=O)Nc4ccncc4F)n3n2)CC1. The minimum absolute atomic E-state index is 0.0272. The molecule has 0 atom stereocenters. The van der Waals surface area contributed by atoms with Gasteiger partial charge in [-0.25, -0.2) is 18.7 Å². The van der Waals surface area contributed by atoms with Crippen LogP contribution in [0.25, 0.3) is 5.65 Å². The Kier molecular flexibility index (Phi) is 8.81. The number of carbonyl (C=O) groups is 2. The Morgan fingerprint density at radius 3 is 2.39 bits per heavy atom. The molecule has 0 aromatic carbocycles. The molecule has 0 saturated heterocycles. The van der Waals surface area contributed by atoms with Gasteiger partial charge in [0.05, 0.1) is 23.8 Å². The number of anilines is 3. The monoisotopic (exact) mass is 566 g/mol. The first-order valence-corrected chi connectivity index (χ1v) is 14.3. The molecule has 0 aliphatic heterocycles. The third-order valence-electron chi connectivity index (χ3n) is 7.51. The van der Waals surface area contributed by atoms with Crippen molar-refractivity contribution in [2.24, 2.45) is 0 Å². The van der Waals surface area contributed by atoms with Crippen LogP contribution in [0.5, 0.6) is 0 Å². The molecule has 2 saturated carbocycles. The highest BCUT2D eigenvalue weighted by Gasteiger charge is 2.27. The molecular formula is C28H39FN10O2. The number of rotatable bonds is 11. The molecule has 41 heavy (non-hydrogen) atoms. The van der Waals surface area contributed by atoms with Crippen molar-refractivity contribution in [3.8, 4) is 0 Å². The van der Waals surface area contributed by atoms with Crippen LogP contribution in [0.15, 0.2) is 30.7 Å². The molecular weight excluding hydrogens is 527 g/mol. The Labute approximate surface area is 239 Å². The molecule has 5 rings (SSSR count). The summed E-state index contributed by atoms with van der Waals surface area (Å²) in [7, 11) is 5.90. The van der Waals surface area contributed by atoms with E-state index in [1.165, 1.54) is 23.0 Å². The molecule has 0 radical (unpaired) electrons. The van der Waals surface area contributed by atoms with E-state index in [0.29, 0.717) is 17.5 Å². The lowest BCUT2D eigenvalue weighted by Gasteiger charge is -2.31. The van der Waals surface area contributed by atoms with Crippen LogP contribution in [0.4, 0.5) is 26.4 Å². The lowest BCUT2D eigenvalue weighted by Crippen LogP contribution is -2.46. The van der Waals surface area contributed by atoms with Gasteiger partial charge in [-0.3, -0.25) is 9.78 Å². The molecule has 3 amide bonds. The van der Waals surface area contributed by atoms with E-state index in [4.69, 9.17) is 5.10 Å². The molecule has 2 fully saturated rings. The maximum atomic E-state index is 14.1. The normalized spacial score (nSPS) is 18.8. The molecule has 3 aromatic heterocycles. The Balaban J connectivity index is 1.23. The second-order valence-electron chi connectivity index (χ2n) is 11.3. The summed E-state index contributed by atoms with van der Waals surface area (Å²) >= 11 is 0. The fraction of sp³-hybridized carbons (Fsp3) is 0.536. The standard InChI is InChI=1S/C28H39FN10O2/c1-37(2)13-4-14-38(3)28(41)34-20-9-7-19(8-10-20)33-25-15-23(32-18-5-6-18)26-31-17-24(39(26)36-25)27(40)35-22-11-12-30-16-21(22)29/h11-12,15-20,32H,4-10,13-14H2,1-3H3,(H,33,36)(H,34,41)(H,30,35,40). The van der Waals surface area contributed by atoms with E-state index in [-0.39, 0.29) is 29.5 Å². The molecule has 12 nitrogen and oxygen atoms in total. The molecule has 220 valence electrons. The molecule has 0 bridgehead atoms. The van der Waals surface area contributed by atoms with Crippen molar-refractivity contribution in [1.82, 2.24) is 34.7 Å². The van der Waals surface area contributed by atoms with Crippen LogP contribution in [0.2, 0.25) is 0 Å². The smallest absolute Gasteiger partial charge is 0.317 e. The van der Waals surface area contributed by atoms with Crippen LogP contribution in [-0.4, -0.2) is 93.7 Å². The molecule has 3 heterocycles. The summed E-state index contributed by atoms with van der Waals surface area (Å²) in [5.41, 5.74) is 1.55. The molecule has 4 N–H and O–H groups in total. The van der Waals surface area contributed by atoms with E-state index in [1.54, 1.807) is 4.90 Å². The molecule has 0 unspecified atom stereocenters. The highest BCUT2D eigenvalue weighted by Crippen LogP contribution is 2.30. The maximum absolute atomic E-state index is 14.1. The van der Waals surface area contributed by atoms with Gasteiger partial charge in [-0.1, -0.05) is 0 Å². The van der Waals surface area contributed by atoms with Crippen LogP contribution in [0.3, 0.4) is 0 Å². The zero-order valence-electron chi connectivity index (χ0n) is 23.9. The fourth-order valence-electron chi connectivity index (χ4n) is 5.01. The first-order chi connectivity index (χ1) is 19.8. The number of nitrogens with zero attached hydrogens (tertiary/aromatic N) is 6. The number of amides is 3. The van der Waals surface area contributed by atoms with Gasteiger partial charge in [0.25, 0.3) is 5.91 Å². The highest BCUT2D eigenvalue weighted by molar-refractivity contribution is 6.03. The van der Waals surface area contributed by atoms with Gasteiger partial charge in [0.2, 0.25) is 0 Å². The average Bonchev–Trinajstić information content (AvgIpc) is 3.65. The number of nitrogens with one attached hydrogen (secondary N) is 4. The van der Waals surface area contributed by atoms with E-state index in [0.717, 1.165) is 69.9 Å². The van der Waals surface area contributed by atoms with Crippen molar-refractivity contribution in [2.75, 3.05) is 50.2 Å². The van der Waals surface area contributed by atoms with Gasteiger partial charge in [-0.05, 0) is 71.7 Å². The van der Waals surface area contributed by atoms with E-state index >= 15 is 0 Å². The zero-order valence-corrected chi connectivity index (χ0v) is 23.9. The molecule has 2 aliphatic rings. The van der Waals surface area contributed by atoms with Crippen molar-refractivity contribution < 1.29 is 14.0 Å². The second kappa shape index (κ2) is 12.7. The van der Waals surface area contributed by atoms with Crippen molar-refractivity contribution >= 4 is 34.8 Å². The quantitative estimate of drug-likeness (QED) is 0.278. The van der Waals surface area contributed by atoms with Gasteiger partial charge in [-0.15, -0.1) is 5.10 Å². The number of fused-ring (bicyclic) bond motifs is 1. The topological polar surface area (TPSA) is 132 Å². The van der Waals surface area contributed by atoms with Crippen LogP contribution in [-0.2, 0) is 0 Å². The molecule has 3 aromatic rings. The third-order valence-corrected chi connectivity index (χ3v) is 7.51. The van der Waals surface area contributed by atoms with Crippen LogP contribution in [0.1, 0.15) is 55.4 Å². The summed E-state index contributed by atoms with van der Waals surface area (Å²) in [6.45, 7) is 1.67. The Bertz CT molecular complexity index is 1370. The number of urea groups is 1. The summed E-state index contributed by atoms with van der Waals surface area (Å²) in [4.78, 5) is 37.7. The Morgan fingerprint density at radius 2 is 1.68 bits per heavy atom. The maximum Gasteiger partial charge on any atom is 0.317 e. The van der Waals surface area contributed by atoms with Crippen molar-refractivity contribution in [3.63, 3.8) is 0 Å². The number of pyridine rings is 1. The van der Waals surface area contributed by atoms with Gasteiger partial charge >= 0.3 is 6.03 Å². The predicted octanol–water partition coefficient (Wildman–Crippen LogP) is 3.41. The lowest BCUT2D eigenvalue weighted by atomic mass is 9.91. The minimum atomic E-state index is -0.621. The van der Waals surface area contributed by atoms with Crippen LogP contribution in [0, 0.1) is 5.82 Å². The molecule has 13 heteroatoms. The number of aromatic nitrogens is 4. The van der Waals surface area contributed by atoms with E-state index in [2.05, 4.69) is 36.1 Å². The van der Waals surface area contributed by atoms with Crippen molar-refractivity contribution in [3.05, 3.63) is 42.2 Å². The lowest BCUT2D eigenvalue weighted by molar-refractivity contribution is 0.102. The number of hydrogen-bond acceptors (Lipinski definition) is 8. The van der Waals surface area contributed by atoms with Gasteiger partial charge in [-0.2, -0.15) is 0 Å². The van der Waals surface area contributed by atoms with E-state index in [1.807, 2.05) is 27.2 Å². The zero-order chi connectivity index (χ0) is 28.9. The number of hydrogen-bond donors (Lipinski definition) is 4. The first-order valence-electron chi connectivity index (χ1n) is 14.3. The van der Waals surface area contributed by atoms with Crippen molar-refractivity contribution in [1.29, 1.82) is 0 Å². The van der Waals surface area contributed by atoms with Crippen LogP contribution >= 0.6 is 0 Å². The second-order valence-corrected chi connectivity index (χ2v) is 11.3. The minimum Gasteiger partial charge on any atom is -0.379 e. The van der Waals surface area contributed by atoms with Gasteiger partial charge < -0.3 is 31.1 Å². The summed E-state index contributed by atoms with van der Waals surface area (Å²) in [5.74, 6) is -0.521. The van der Waals surface area contributed by atoms with Crippen LogP contribution < -0.4 is 21.3 Å². The van der Waals surface area contributed by atoms with Crippen molar-refractivity contribution in [2.45, 2.75) is 63.1 Å². The number of carbonyl (C=O) groups excluding carboxylic acids is 2. The average molecular weight is 567 g/mol. The van der Waals surface area contributed by atoms with Gasteiger partial charge in [0.15, 0.2) is 17.2 Å². The molecule has 2 aliphatic carbocycles. The number of imidazole rings is 1. The molecule has 0 spiro atoms. The first kappa shape index (κ1) is 28.5. The Hall–Kier alpha value is -4.00. The predicted molar refractivity (Wildman–Crippen MR) is 156 cm³/mol. The largest absolute Gasteiger partial charge is 0.379 e. The summed E-state index contributed by atoms with van der Waals surface area (Å²) in [5, 5.41) is 17.5. The third kappa shape index (κ3) is 7.40. The van der Waals surface area contributed by atoms with Gasteiger partial charge in [0, 0.05) is 44.0 Å². The summed E-state index contributed by atoms with van der Waals surface area (Å²) < 4.78 is 15.6. The fourth-order valence-corrected chi connectivity index (χ4v) is 5.01. The number of halogens is 1. The Morgan fingerprint density at radius 1 is 0.976 bits per heavy atom. The highest BCUT2D eigenvalue weighted by atomic mass is 19.1. The summed E-state index contributed by atoms with van der Waals surface area (Å²) in [6.07, 6.45) is 10.5. The van der Waals surface area contributed by atoms with E-state index in [9.17, 15) is 14.0 Å².